The number of piperidine rings is 1. The first kappa shape index (κ1) is 23.9. The number of rotatable bonds is 5. The van der Waals surface area contributed by atoms with E-state index in [0.717, 1.165) is 64.6 Å². The lowest BCUT2D eigenvalue weighted by Crippen LogP contribution is -2.46. The standard InChI is InChI=1S/C17H30N2O3.C2HF3O2/c1-21-13-10-19-9-6-17(16(19)20)4-7-18(8-5-17)14-15-2-11-22-12-3-15;3-2(4,5)1(6)7/h15H,2-14H2,1H3;(H,6,7). The number of nitrogens with zero attached hydrogens (tertiary/aromatic N) is 2. The smallest absolute Gasteiger partial charge is 0.475 e. The zero-order chi connectivity index (χ0) is 21.5. The Bertz CT molecular complexity index is 544. The second-order valence-corrected chi connectivity index (χ2v) is 7.97. The van der Waals surface area contributed by atoms with Crippen LogP contribution in [-0.4, -0.2) is 92.6 Å². The molecule has 0 aromatic heterocycles. The molecule has 1 spiro atoms. The Hall–Kier alpha value is -1.39. The third kappa shape index (κ3) is 6.82. The van der Waals surface area contributed by atoms with Crippen molar-refractivity contribution in [1.29, 1.82) is 0 Å². The quantitative estimate of drug-likeness (QED) is 0.728. The molecule has 3 fully saturated rings. The van der Waals surface area contributed by atoms with Crippen LogP contribution in [0, 0.1) is 11.3 Å². The van der Waals surface area contributed by atoms with Gasteiger partial charge >= 0.3 is 12.1 Å². The Morgan fingerprint density at radius 2 is 1.76 bits per heavy atom. The zero-order valence-corrected chi connectivity index (χ0v) is 16.9. The highest BCUT2D eigenvalue weighted by Gasteiger charge is 2.47. The van der Waals surface area contributed by atoms with Gasteiger partial charge in [0.2, 0.25) is 5.91 Å². The lowest BCUT2D eigenvalue weighted by atomic mass is 9.77. The minimum Gasteiger partial charge on any atom is -0.475 e. The normalized spacial score (nSPS) is 23.2. The van der Waals surface area contributed by atoms with Gasteiger partial charge < -0.3 is 24.4 Å². The Morgan fingerprint density at radius 1 is 1.21 bits per heavy atom. The van der Waals surface area contributed by atoms with Gasteiger partial charge in [-0.15, -0.1) is 0 Å². The highest BCUT2D eigenvalue weighted by atomic mass is 19.4. The van der Waals surface area contributed by atoms with Gasteiger partial charge in [0, 0.05) is 40.0 Å². The molecular formula is C19H31F3N2O5. The molecule has 0 radical (unpaired) electrons. The molecule has 3 saturated heterocycles. The van der Waals surface area contributed by atoms with Crippen LogP contribution in [0.15, 0.2) is 0 Å². The van der Waals surface area contributed by atoms with Gasteiger partial charge in [0.05, 0.1) is 12.0 Å². The summed E-state index contributed by atoms with van der Waals surface area (Å²) in [6.45, 7) is 7.54. The van der Waals surface area contributed by atoms with Crippen LogP contribution in [0.2, 0.25) is 0 Å². The molecule has 0 aliphatic carbocycles. The van der Waals surface area contributed by atoms with Crippen LogP contribution in [-0.2, 0) is 19.1 Å². The van der Waals surface area contributed by atoms with Gasteiger partial charge in [-0.3, -0.25) is 4.79 Å². The van der Waals surface area contributed by atoms with Crippen molar-refractivity contribution in [3.63, 3.8) is 0 Å². The van der Waals surface area contributed by atoms with Gasteiger partial charge in [0.25, 0.3) is 0 Å². The van der Waals surface area contributed by atoms with Crippen molar-refractivity contribution in [2.45, 2.75) is 38.3 Å². The molecule has 0 aromatic carbocycles. The molecule has 7 nitrogen and oxygen atoms in total. The molecule has 10 heteroatoms. The second kappa shape index (κ2) is 10.6. The summed E-state index contributed by atoms with van der Waals surface area (Å²) in [6.07, 6.45) is 0.439. The average molecular weight is 424 g/mol. The van der Waals surface area contributed by atoms with E-state index in [0.29, 0.717) is 12.5 Å². The van der Waals surface area contributed by atoms with Crippen molar-refractivity contribution in [3.05, 3.63) is 0 Å². The van der Waals surface area contributed by atoms with Crippen LogP contribution >= 0.6 is 0 Å². The molecule has 3 aliphatic heterocycles. The summed E-state index contributed by atoms with van der Waals surface area (Å²) in [6, 6.07) is 0. The first-order valence-corrected chi connectivity index (χ1v) is 10.1. The number of amides is 1. The maximum absolute atomic E-state index is 12.7. The number of hydrogen-bond donors (Lipinski definition) is 1. The van der Waals surface area contributed by atoms with Crippen molar-refractivity contribution < 1.29 is 37.3 Å². The predicted octanol–water partition coefficient (Wildman–Crippen LogP) is 2.01. The van der Waals surface area contributed by atoms with Crippen LogP contribution in [0.5, 0.6) is 0 Å². The number of likely N-dealkylation sites (tertiary alicyclic amines) is 2. The highest BCUT2D eigenvalue weighted by Crippen LogP contribution is 2.41. The molecule has 1 amide bonds. The van der Waals surface area contributed by atoms with Crippen molar-refractivity contribution in [1.82, 2.24) is 9.80 Å². The third-order valence-corrected chi connectivity index (χ3v) is 6.08. The third-order valence-electron chi connectivity index (χ3n) is 6.08. The number of ether oxygens (including phenoxy) is 2. The summed E-state index contributed by atoms with van der Waals surface area (Å²) in [7, 11) is 1.70. The average Bonchev–Trinajstić information content (AvgIpc) is 2.98. The van der Waals surface area contributed by atoms with E-state index in [1.807, 2.05) is 4.90 Å². The summed E-state index contributed by atoms with van der Waals surface area (Å²) in [5.41, 5.74) is -0.0556. The van der Waals surface area contributed by atoms with Gasteiger partial charge in [-0.05, 0) is 51.1 Å². The SMILES string of the molecule is COCCN1CCC2(CCN(CC3CCOCC3)CC2)C1=O.O=C(O)C(F)(F)F. The fourth-order valence-electron chi connectivity index (χ4n) is 4.23. The molecule has 1 N–H and O–H groups in total. The van der Waals surface area contributed by atoms with E-state index in [1.54, 1.807) is 7.11 Å². The molecular weight excluding hydrogens is 393 g/mol. The van der Waals surface area contributed by atoms with Crippen molar-refractivity contribution in [2.75, 3.05) is 59.7 Å². The largest absolute Gasteiger partial charge is 0.490 e. The predicted molar refractivity (Wildman–Crippen MR) is 98.4 cm³/mol. The lowest BCUT2D eigenvalue weighted by Gasteiger charge is -2.39. The topological polar surface area (TPSA) is 79.3 Å². The summed E-state index contributed by atoms with van der Waals surface area (Å²) in [5.74, 6) is -1.58. The fraction of sp³-hybridized carbons (Fsp3) is 0.895. The van der Waals surface area contributed by atoms with Crippen LogP contribution in [0.1, 0.15) is 32.1 Å². The maximum Gasteiger partial charge on any atom is 0.490 e. The molecule has 0 saturated carbocycles. The zero-order valence-electron chi connectivity index (χ0n) is 16.9. The van der Waals surface area contributed by atoms with Gasteiger partial charge in [0.15, 0.2) is 0 Å². The van der Waals surface area contributed by atoms with Gasteiger partial charge in [-0.25, -0.2) is 4.79 Å². The van der Waals surface area contributed by atoms with E-state index in [1.165, 1.54) is 19.4 Å². The van der Waals surface area contributed by atoms with Crippen molar-refractivity contribution >= 4 is 11.9 Å². The Morgan fingerprint density at radius 3 is 2.28 bits per heavy atom. The molecule has 0 atom stereocenters. The fourth-order valence-corrected chi connectivity index (χ4v) is 4.23. The van der Waals surface area contributed by atoms with E-state index < -0.39 is 12.1 Å². The monoisotopic (exact) mass is 424 g/mol. The number of carboxylic acid groups (broad SMARTS) is 1. The summed E-state index contributed by atoms with van der Waals surface area (Å²) in [5, 5.41) is 7.12. The number of carbonyl (C=O) groups is 2. The number of aliphatic carboxylic acids is 1. The van der Waals surface area contributed by atoms with E-state index in [9.17, 15) is 18.0 Å². The lowest BCUT2D eigenvalue weighted by molar-refractivity contribution is -0.192. The van der Waals surface area contributed by atoms with Gasteiger partial charge in [-0.1, -0.05) is 0 Å². The number of carbonyl (C=O) groups excluding carboxylic acids is 1. The summed E-state index contributed by atoms with van der Waals surface area (Å²) >= 11 is 0. The van der Waals surface area contributed by atoms with E-state index in [2.05, 4.69) is 4.90 Å². The minimum atomic E-state index is -5.08. The number of hydrogen-bond acceptors (Lipinski definition) is 5. The van der Waals surface area contributed by atoms with Crippen LogP contribution in [0.25, 0.3) is 0 Å². The van der Waals surface area contributed by atoms with Crippen molar-refractivity contribution in [3.8, 4) is 0 Å². The van der Waals surface area contributed by atoms with Crippen LogP contribution in [0.3, 0.4) is 0 Å². The second-order valence-electron chi connectivity index (χ2n) is 7.97. The first-order chi connectivity index (χ1) is 13.7. The minimum absolute atomic E-state index is 0.0556. The number of carboxylic acids is 1. The van der Waals surface area contributed by atoms with E-state index in [-0.39, 0.29) is 5.41 Å². The summed E-state index contributed by atoms with van der Waals surface area (Å²) in [4.78, 5) is 26.2. The van der Waals surface area contributed by atoms with E-state index in [4.69, 9.17) is 19.4 Å². The maximum atomic E-state index is 12.7. The molecule has 0 aromatic rings. The van der Waals surface area contributed by atoms with Crippen molar-refractivity contribution in [2.24, 2.45) is 11.3 Å². The van der Waals surface area contributed by atoms with Crippen LogP contribution < -0.4 is 0 Å². The molecule has 3 rings (SSSR count). The molecule has 0 bridgehead atoms. The molecule has 0 unspecified atom stereocenters. The first-order valence-electron chi connectivity index (χ1n) is 10.1. The Kier molecular flexibility index (Phi) is 8.72. The highest BCUT2D eigenvalue weighted by molar-refractivity contribution is 5.85. The molecule has 168 valence electrons. The molecule has 29 heavy (non-hydrogen) atoms. The number of halogens is 3. The Labute approximate surface area is 169 Å². The number of alkyl halides is 3. The number of methoxy groups -OCH3 is 1. The van der Waals surface area contributed by atoms with Gasteiger partial charge in [0.1, 0.15) is 0 Å². The Balaban J connectivity index is 0.000000370. The molecule has 3 aliphatic rings. The summed E-state index contributed by atoms with van der Waals surface area (Å²) < 4.78 is 42.3. The van der Waals surface area contributed by atoms with Gasteiger partial charge in [-0.2, -0.15) is 13.2 Å². The molecule has 3 heterocycles. The van der Waals surface area contributed by atoms with Crippen LogP contribution in [0.4, 0.5) is 13.2 Å². The van der Waals surface area contributed by atoms with E-state index >= 15 is 0 Å².